The van der Waals surface area contributed by atoms with Crippen LogP contribution in [0, 0.1) is 0 Å². The van der Waals surface area contributed by atoms with Gasteiger partial charge in [0.05, 0.1) is 6.54 Å². The average Bonchev–Trinajstić information content (AvgIpc) is 2.80. The van der Waals surface area contributed by atoms with Crippen LogP contribution in [0.25, 0.3) is 0 Å². The van der Waals surface area contributed by atoms with Crippen LogP contribution in [-0.4, -0.2) is 22.4 Å². The highest BCUT2D eigenvalue weighted by molar-refractivity contribution is 6.33. The van der Waals surface area contributed by atoms with Gasteiger partial charge in [-0.2, -0.15) is 5.10 Å². The Kier molecular flexibility index (Phi) is 5.63. The molecule has 112 valence electrons. The number of urea groups is 1. The summed E-state index contributed by atoms with van der Waals surface area (Å²) >= 11 is 6.09. The SMILES string of the molecule is CCCCNC(=O)Nc1nn(Cc2ccccc2)cc1Cl. The van der Waals surface area contributed by atoms with Crippen molar-refractivity contribution in [2.45, 2.75) is 26.3 Å². The van der Waals surface area contributed by atoms with Crippen LogP contribution < -0.4 is 10.6 Å². The van der Waals surface area contributed by atoms with E-state index >= 15 is 0 Å². The van der Waals surface area contributed by atoms with Gasteiger partial charge in [0.1, 0.15) is 5.02 Å². The number of nitrogens with zero attached hydrogens (tertiary/aromatic N) is 2. The molecule has 0 saturated heterocycles. The minimum atomic E-state index is -0.282. The first kappa shape index (κ1) is 15.4. The van der Waals surface area contributed by atoms with Gasteiger partial charge >= 0.3 is 6.03 Å². The summed E-state index contributed by atoms with van der Waals surface area (Å²) in [6, 6.07) is 9.66. The van der Waals surface area contributed by atoms with Crippen molar-refractivity contribution in [3.63, 3.8) is 0 Å². The molecule has 1 heterocycles. The zero-order valence-electron chi connectivity index (χ0n) is 12.0. The van der Waals surface area contributed by atoms with E-state index in [1.807, 2.05) is 30.3 Å². The molecule has 0 aliphatic carbocycles. The number of anilines is 1. The molecule has 0 spiro atoms. The summed E-state index contributed by atoms with van der Waals surface area (Å²) in [4.78, 5) is 11.7. The van der Waals surface area contributed by atoms with Gasteiger partial charge < -0.3 is 5.32 Å². The van der Waals surface area contributed by atoms with Gasteiger partial charge in [0.15, 0.2) is 5.82 Å². The second-order valence-corrected chi connectivity index (χ2v) is 5.15. The molecular formula is C15H19ClN4O. The summed E-state index contributed by atoms with van der Waals surface area (Å²) in [6.07, 6.45) is 3.69. The molecule has 0 atom stereocenters. The topological polar surface area (TPSA) is 59.0 Å². The first-order valence-corrected chi connectivity index (χ1v) is 7.38. The zero-order valence-corrected chi connectivity index (χ0v) is 12.7. The van der Waals surface area contributed by atoms with Crippen LogP contribution >= 0.6 is 11.6 Å². The minimum Gasteiger partial charge on any atom is -0.338 e. The maximum absolute atomic E-state index is 11.7. The summed E-state index contributed by atoms with van der Waals surface area (Å²) in [5.74, 6) is 0.376. The van der Waals surface area contributed by atoms with Crippen LogP contribution in [0.3, 0.4) is 0 Å². The Morgan fingerprint density at radius 2 is 2.10 bits per heavy atom. The van der Waals surface area contributed by atoms with Gasteiger partial charge in [-0.25, -0.2) is 4.79 Å². The predicted octanol–water partition coefficient (Wildman–Crippen LogP) is 3.51. The van der Waals surface area contributed by atoms with E-state index in [2.05, 4.69) is 22.7 Å². The minimum absolute atomic E-state index is 0.282. The number of unbranched alkanes of at least 4 members (excludes halogenated alkanes) is 1. The van der Waals surface area contributed by atoms with Crippen molar-refractivity contribution < 1.29 is 4.79 Å². The average molecular weight is 307 g/mol. The smallest absolute Gasteiger partial charge is 0.320 e. The number of rotatable bonds is 6. The Morgan fingerprint density at radius 3 is 2.81 bits per heavy atom. The second kappa shape index (κ2) is 7.69. The lowest BCUT2D eigenvalue weighted by Crippen LogP contribution is -2.29. The molecule has 5 nitrogen and oxygen atoms in total. The van der Waals surface area contributed by atoms with Gasteiger partial charge in [0.2, 0.25) is 0 Å². The Balaban J connectivity index is 1.94. The highest BCUT2D eigenvalue weighted by atomic mass is 35.5. The molecule has 1 aromatic heterocycles. The molecule has 2 amide bonds. The van der Waals surface area contributed by atoms with Crippen LogP contribution in [0.4, 0.5) is 10.6 Å². The number of hydrogen-bond acceptors (Lipinski definition) is 2. The number of carbonyl (C=O) groups is 1. The molecule has 1 aromatic carbocycles. The molecule has 0 radical (unpaired) electrons. The van der Waals surface area contributed by atoms with E-state index < -0.39 is 0 Å². The number of hydrogen-bond donors (Lipinski definition) is 2. The molecule has 0 fully saturated rings. The fraction of sp³-hybridized carbons (Fsp3) is 0.333. The molecule has 2 rings (SSSR count). The molecule has 2 aromatic rings. The second-order valence-electron chi connectivity index (χ2n) is 4.74. The van der Waals surface area contributed by atoms with Crippen molar-refractivity contribution in [1.29, 1.82) is 0 Å². The zero-order chi connectivity index (χ0) is 15.1. The number of aromatic nitrogens is 2. The summed E-state index contributed by atoms with van der Waals surface area (Å²) < 4.78 is 1.71. The van der Waals surface area contributed by atoms with E-state index in [9.17, 15) is 4.79 Å². The first-order chi connectivity index (χ1) is 10.2. The third-order valence-electron chi connectivity index (χ3n) is 2.95. The van der Waals surface area contributed by atoms with E-state index in [-0.39, 0.29) is 6.03 Å². The molecule has 2 N–H and O–H groups in total. The Bertz CT molecular complexity index is 583. The molecule has 0 aliphatic heterocycles. The summed E-state index contributed by atoms with van der Waals surface area (Å²) in [7, 11) is 0. The number of carbonyl (C=O) groups excluding carboxylic acids is 1. The monoisotopic (exact) mass is 306 g/mol. The van der Waals surface area contributed by atoms with Crippen LogP contribution in [0.5, 0.6) is 0 Å². The first-order valence-electron chi connectivity index (χ1n) is 7.00. The van der Waals surface area contributed by atoms with Gasteiger partial charge in [-0.15, -0.1) is 0 Å². The van der Waals surface area contributed by atoms with Crippen molar-refractivity contribution in [3.05, 3.63) is 47.1 Å². The molecule has 21 heavy (non-hydrogen) atoms. The summed E-state index contributed by atoms with van der Waals surface area (Å²) in [6.45, 7) is 3.33. The maximum atomic E-state index is 11.7. The van der Waals surface area contributed by atoms with Gasteiger partial charge in [0.25, 0.3) is 0 Å². The lowest BCUT2D eigenvalue weighted by Gasteiger charge is -2.05. The number of halogens is 1. The fourth-order valence-electron chi connectivity index (χ4n) is 1.86. The highest BCUT2D eigenvalue weighted by Crippen LogP contribution is 2.19. The number of benzene rings is 1. The van der Waals surface area contributed by atoms with Crippen molar-refractivity contribution in [3.8, 4) is 0 Å². The number of amides is 2. The van der Waals surface area contributed by atoms with Gasteiger partial charge in [-0.3, -0.25) is 10.00 Å². The molecule has 0 bridgehead atoms. The third-order valence-corrected chi connectivity index (χ3v) is 3.23. The molecule has 0 unspecified atom stereocenters. The third kappa shape index (κ3) is 4.79. The fourth-order valence-corrected chi connectivity index (χ4v) is 2.06. The summed E-state index contributed by atoms with van der Waals surface area (Å²) in [5.41, 5.74) is 1.12. The van der Waals surface area contributed by atoms with Crippen LogP contribution in [-0.2, 0) is 6.54 Å². The molecule has 6 heteroatoms. The normalized spacial score (nSPS) is 10.4. The Labute approximate surface area is 129 Å². The van der Waals surface area contributed by atoms with E-state index in [1.165, 1.54) is 0 Å². The standard InChI is InChI=1S/C15H19ClN4O/c1-2-3-9-17-15(21)18-14-13(16)11-20(19-14)10-12-7-5-4-6-8-12/h4-8,11H,2-3,9-10H2,1H3,(H2,17,18,19,21). The van der Waals surface area contributed by atoms with Crippen molar-refractivity contribution in [2.24, 2.45) is 0 Å². The van der Waals surface area contributed by atoms with Crippen LogP contribution in [0.1, 0.15) is 25.3 Å². The lowest BCUT2D eigenvalue weighted by atomic mass is 10.2. The predicted molar refractivity (Wildman–Crippen MR) is 84.7 cm³/mol. The Morgan fingerprint density at radius 1 is 1.33 bits per heavy atom. The van der Waals surface area contributed by atoms with Gasteiger partial charge in [-0.1, -0.05) is 55.3 Å². The summed E-state index contributed by atoms with van der Waals surface area (Å²) in [5, 5.41) is 10.1. The number of nitrogens with one attached hydrogen (secondary N) is 2. The largest absolute Gasteiger partial charge is 0.338 e. The molecular weight excluding hydrogens is 288 g/mol. The molecule has 0 aliphatic rings. The van der Waals surface area contributed by atoms with Crippen molar-refractivity contribution in [1.82, 2.24) is 15.1 Å². The van der Waals surface area contributed by atoms with E-state index in [4.69, 9.17) is 11.6 Å². The molecule has 0 saturated carbocycles. The highest BCUT2D eigenvalue weighted by Gasteiger charge is 2.10. The van der Waals surface area contributed by atoms with E-state index in [1.54, 1.807) is 10.9 Å². The van der Waals surface area contributed by atoms with Crippen molar-refractivity contribution in [2.75, 3.05) is 11.9 Å². The van der Waals surface area contributed by atoms with Crippen LogP contribution in [0.2, 0.25) is 5.02 Å². The van der Waals surface area contributed by atoms with Gasteiger partial charge in [-0.05, 0) is 12.0 Å². The maximum Gasteiger partial charge on any atom is 0.320 e. The van der Waals surface area contributed by atoms with Crippen LogP contribution in [0.15, 0.2) is 36.5 Å². The van der Waals surface area contributed by atoms with E-state index in [0.29, 0.717) is 23.9 Å². The van der Waals surface area contributed by atoms with Crippen molar-refractivity contribution >= 4 is 23.4 Å². The lowest BCUT2D eigenvalue weighted by molar-refractivity contribution is 0.252. The van der Waals surface area contributed by atoms with Gasteiger partial charge in [0, 0.05) is 12.7 Å². The van der Waals surface area contributed by atoms with E-state index in [0.717, 1.165) is 18.4 Å². The Hall–Kier alpha value is -2.01. The quantitative estimate of drug-likeness (QED) is 0.802.